The van der Waals surface area contributed by atoms with E-state index < -0.39 is 12.1 Å². The van der Waals surface area contributed by atoms with Gasteiger partial charge in [0.15, 0.2) is 5.78 Å². The molecule has 2 fully saturated rings. The van der Waals surface area contributed by atoms with Crippen molar-refractivity contribution in [3.8, 4) is 0 Å². The average molecular weight is 485 g/mol. The number of carbonyl (C=O) groups excluding carboxylic acids is 4. The monoisotopic (exact) mass is 484 g/mol. The summed E-state index contributed by atoms with van der Waals surface area (Å²) < 4.78 is 0. The lowest BCUT2D eigenvalue weighted by Crippen LogP contribution is -2.53. The summed E-state index contributed by atoms with van der Waals surface area (Å²) in [5.74, 6) is -0.455. The topological polar surface area (TPSA) is 90.0 Å². The first-order valence-corrected chi connectivity index (χ1v) is 12.8. The van der Waals surface area contributed by atoms with Gasteiger partial charge in [0.25, 0.3) is 5.91 Å². The van der Waals surface area contributed by atoms with Crippen molar-refractivity contribution in [2.45, 2.75) is 77.4 Å². The molecule has 3 atom stereocenters. The maximum Gasteiger partial charge on any atom is 0.251 e. The van der Waals surface area contributed by atoms with Crippen LogP contribution in [0.25, 0.3) is 0 Å². The molecule has 8 heteroatoms. The number of benzene rings is 1. The summed E-state index contributed by atoms with van der Waals surface area (Å²) in [6, 6.07) is 5.63. The van der Waals surface area contributed by atoms with E-state index in [1.807, 2.05) is 45.0 Å². The van der Waals surface area contributed by atoms with E-state index in [2.05, 4.69) is 12.2 Å². The summed E-state index contributed by atoms with van der Waals surface area (Å²) >= 11 is 0. The van der Waals surface area contributed by atoms with Gasteiger partial charge in [0.2, 0.25) is 11.8 Å². The predicted molar refractivity (Wildman–Crippen MR) is 136 cm³/mol. The Kier molecular flexibility index (Phi) is 8.92. The van der Waals surface area contributed by atoms with Gasteiger partial charge in [-0.25, -0.2) is 0 Å². The molecule has 1 aromatic carbocycles. The molecule has 0 aromatic heterocycles. The van der Waals surface area contributed by atoms with Gasteiger partial charge in [0.1, 0.15) is 12.1 Å². The third kappa shape index (κ3) is 6.21. The summed E-state index contributed by atoms with van der Waals surface area (Å²) in [4.78, 5) is 57.5. The van der Waals surface area contributed by atoms with Crippen LogP contribution in [0.1, 0.15) is 69.7 Å². The van der Waals surface area contributed by atoms with Crippen LogP contribution in [-0.2, 0) is 14.4 Å². The maximum absolute atomic E-state index is 13.6. The number of carbonyl (C=O) groups is 4. The minimum absolute atomic E-state index is 0.00167. The van der Waals surface area contributed by atoms with Crippen LogP contribution in [-0.4, -0.2) is 78.6 Å². The van der Waals surface area contributed by atoms with E-state index >= 15 is 0 Å². The number of hydrogen-bond acceptors (Lipinski definition) is 5. The molecule has 3 amide bonds. The smallest absolute Gasteiger partial charge is 0.251 e. The SMILES string of the molecule is CCCCCC(=O)N1CC(=O)[C@@H]2C1CCN2C(=O)[C@H](CC(C)C)NC(=O)c1ccc(N(C)C)cc1. The van der Waals surface area contributed by atoms with E-state index in [9.17, 15) is 19.2 Å². The maximum atomic E-state index is 13.6. The van der Waals surface area contributed by atoms with Crippen molar-refractivity contribution in [2.75, 3.05) is 32.1 Å². The molecule has 2 saturated heterocycles. The highest BCUT2D eigenvalue weighted by molar-refractivity contribution is 6.01. The van der Waals surface area contributed by atoms with E-state index in [1.165, 1.54) is 0 Å². The lowest BCUT2D eigenvalue weighted by molar-refractivity contribution is -0.138. The second kappa shape index (κ2) is 11.7. The Morgan fingerprint density at radius 3 is 2.37 bits per heavy atom. The zero-order chi connectivity index (χ0) is 25.7. The number of amides is 3. The predicted octanol–water partition coefficient (Wildman–Crippen LogP) is 2.86. The van der Waals surface area contributed by atoms with Crippen molar-refractivity contribution < 1.29 is 19.2 Å². The molecule has 0 spiro atoms. The highest BCUT2D eigenvalue weighted by Crippen LogP contribution is 2.31. The Balaban J connectivity index is 1.71. The number of rotatable bonds is 10. The fourth-order valence-corrected chi connectivity index (χ4v) is 5.11. The highest BCUT2D eigenvalue weighted by Gasteiger charge is 2.52. The van der Waals surface area contributed by atoms with Gasteiger partial charge in [-0.1, -0.05) is 33.6 Å². The molecule has 3 rings (SSSR count). The van der Waals surface area contributed by atoms with E-state index in [4.69, 9.17) is 0 Å². The Morgan fingerprint density at radius 1 is 1.09 bits per heavy atom. The van der Waals surface area contributed by atoms with Crippen molar-refractivity contribution in [3.63, 3.8) is 0 Å². The van der Waals surface area contributed by atoms with Crippen LogP contribution in [0.15, 0.2) is 24.3 Å². The summed E-state index contributed by atoms with van der Waals surface area (Å²) in [5, 5.41) is 2.92. The van der Waals surface area contributed by atoms with Crippen LogP contribution in [0.2, 0.25) is 0 Å². The molecule has 2 heterocycles. The van der Waals surface area contributed by atoms with E-state index in [0.29, 0.717) is 31.4 Å². The second-order valence-electron chi connectivity index (χ2n) is 10.4. The molecule has 0 saturated carbocycles. The quantitative estimate of drug-likeness (QED) is 0.516. The van der Waals surface area contributed by atoms with Crippen LogP contribution in [0, 0.1) is 5.92 Å². The number of ketones is 1. The zero-order valence-electron chi connectivity index (χ0n) is 21.8. The summed E-state index contributed by atoms with van der Waals surface area (Å²) in [5.41, 5.74) is 1.46. The number of nitrogens with zero attached hydrogens (tertiary/aromatic N) is 3. The second-order valence-corrected chi connectivity index (χ2v) is 10.4. The number of anilines is 1. The summed E-state index contributed by atoms with van der Waals surface area (Å²) in [6.07, 6.45) is 4.34. The third-order valence-corrected chi connectivity index (χ3v) is 6.98. The first-order chi connectivity index (χ1) is 16.6. The lowest BCUT2D eigenvalue weighted by atomic mass is 10.0. The third-order valence-electron chi connectivity index (χ3n) is 6.98. The number of Topliss-reactive ketones (excluding diaryl/α,β-unsaturated/α-hetero) is 1. The van der Waals surface area contributed by atoms with Crippen molar-refractivity contribution >= 4 is 29.2 Å². The van der Waals surface area contributed by atoms with E-state index in [1.54, 1.807) is 21.9 Å². The summed E-state index contributed by atoms with van der Waals surface area (Å²) in [6.45, 7) is 6.58. The molecule has 0 bridgehead atoms. The molecule has 192 valence electrons. The molecule has 2 aliphatic heterocycles. The van der Waals surface area contributed by atoms with E-state index in [-0.39, 0.29) is 42.0 Å². The van der Waals surface area contributed by atoms with Gasteiger partial charge in [-0.15, -0.1) is 0 Å². The van der Waals surface area contributed by atoms with Gasteiger partial charge in [0.05, 0.1) is 12.6 Å². The normalized spacial score (nSPS) is 20.2. The lowest BCUT2D eigenvalue weighted by Gasteiger charge is -2.29. The standard InChI is InChI=1S/C27H40N4O4/c1-6-7-8-9-24(33)31-17-23(32)25-22(31)14-15-30(25)27(35)21(16-18(2)3)28-26(34)19-10-12-20(13-11-19)29(4)5/h10-13,18,21-22,25H,6-9,14-17H2,1-5H3,(H,28,34)/t21-,22?,25-/m0/s1. The van der Waals surface area contributed by atoms with Crippen LogP contribution in [0.3, 0.4) is 0 Å². The van der Waals surface area contributed by atoms with Gasteiger partial charge in [-0.2, -0.15) is 0 Å². The van der Waals surface area contributed by atoms with Crippen LogP contribution < -0.4 is 10.2 Å². The first kappa shape index (κ1) is 26.7. The number of unbranched alkanes of at least 4 members (excludes halogenated alkanes) is 2. The molecule has 35 heavy (non-hydrogen) atoms. The van der Waals surface area contributed by atoms with Crippen LogP contribution in [0.4, 0.5) is 5.69 Å². The molecular formula is C27H40N4O4. The molecule has 2 aliphatic rings. The Bertz CT molecular complexity index is 928. The first-order valence-electron chi connectivity index (χ1n) is 12.8. The number of fused-ring (bicyclic) bond motifs is 1. The number of hydrogen-bond donors (Lipinski definition) is 1. The highest BCUT2D eigenvalue weighted by atomic mass is 16.2. The van der Waals surface area contributed by atoms with Crippen molar-refractivity contribution in [1.29, 1.82) is 0 Å². The van der Waals surface area contributed by atoms with E-state index in [0.717, 1.165) is 24.9 Å². The molecule has 8 nitrogen and oxygen atoms in total. The molecule has 1 N–H and O–H groups in total. The van der Waals surface area contributed by atoms with Gasteiger partial charge in [-0.3, -0.25) is 19.2 Å². The van der Waals surface area contributed by atoms with Crippen molar-refractivity contribution in [3.05, 3.63) is 29.8 Å². The Morgan fingerprint density at radius 2 is 1.77 bits per heavy atom. The van der Waals surface area contributed by atoms with Gasteiger partial charge < -0.3 is 20.0 Å². The summed E-state index contributed by atoms with van der Waals surface area (Å²) in [7, 11) is 3.86. The molecule has 0 aliphatic carbocycles. The molecular weight excluding hydrogens is 444 g/mol. The largest absolute Gasteiger partial charge is 0.378 e. The fraction of sp³-hybridized carbons (Fsp3) is 0.630. The average Bonchev–Trinajstić information content (AvgIpc) is 3.39. The molecule has 0 radical (unpaired) electrons. The Hall–Kier alpha value is -2.90. The van der Waals surface area contributed by atoms with Gasteiger partial charge in [-0.05, 0) is 49.4 Å². The molecule has 1 unspecified atom stereocenters. The van der Waals surface area contributed by atoms with Crippen LogP contribution in [0.5, 0.6) is 0 Å². The molecule has 1 aromatic rings. The number of nitrogens with one attached hydrogen (secondary N) is 1. The van der Waals surface area contributed by atoms with Crippen molar-refractivity contribution in [1.82, 2.24) is 15.1 Å². The fourth-order valence-electron chi connectivity index (χ4n) is 5.11. The minimum Gasteiger partial charge on any atom is -0.378 e. The van der Waals surface area contributed by atoms with Crippen molar-refractivity contribution in [2.24, 2.45) is 5.92 Å². The minimum atomic E-state index is -0.725. The van der Waals surface area contributed by atoms with Gasteiger partial charge >= 0.3 is 0 Å². The number of likely N-dealkylation sites (tertiary alicyclic amines) is 2. The zero-order valence-corrected chi connectivity index (χ0v) is 21.8. The Labute approximate surface area is 209 Å². The van der Waals surface area contributed by atoms with Crippen LogP contribution >= 0.6 is 0 Å². The van der Waals surface area contributed by atoms with Gasteiger partial charge in [0, 0.05) is 38.3 Å².